The van der Waals surface area contributed by atoms with Gasteiger partial charge in [0.25, 0.3) is 5.56 Å². The number of nitrogens with zero attached hydrogens (tertiary/aromatic N) is 1. The third kappa shape index (κ3) is 2.96. The largest absolute Gasteiger partial charge is 0.497 e. The minimum atomic E-state index is -0.428. The molecule has 0 unspecified atom stereocenters. The van der Waals surface area contributed by atoms with Crippen LogP contribution >= 0.6 is 0 Å². The van der Waals surface area contributed by atoms with Crippen molar-refractivity contribution in [2.24, 2.45) is 0 Å². The Kier molecular flexibility index (Phi) is 4.24. The SMILES string of the molecule is COc1ccc(/C=C/C(=O)c2c(C)c3cccnc3[nH]c2=O)cc1. The summed E-state index contributed by atoms with van der Waals surface area (Å²) in [6.45, 7) is 1.76. The summed E-state index contributed by atoms with van der Waals surface area (Å²) in [5, 5.41) is 0.762. The molecule has 120 valence electrons. The lowest BCUT2D eigenvalue weighted by molar-refractivity contribution is 0.104. The summed E-state index contributed by atoms with van der Waals surface area (Å²) in [6.07, 6.45) is 4.68. The highest BCUT2D eigenvalue weighted by atomic mass is 16.5. The van der Waals surface area contributed by atoms with E-state index in [4.69, 9.17) is 4.74 Å². The van der Waals surface area contributed by atoms with Crippen LogP contribution in [0.15, 0.2) is 53.5 Å². The average molecular weight is 320 g/mol. The number of H-pyrrole nitrogens is 1. The number of hydrogen-bond donors (Lipinski definition) is 1. The zero-order chi connectivity index (χ0) is 17.1. The second-order valence-electron chi connectivity index (χ2n) is 5.32. The molecule has 0 saturated carbocycles. The Morgan fingerprint density at radius 1 is 1.21 bits per heavy atom. The highest BCUT2D eigenvalue weighted by molar-refractivity contribution is 6.09. The van der Waals surface area contributed by atoms with Gasteiger partial charge in [-0.25, -0.2) is 4.98 Å². The first kappa shape index (κ1) is 15.7. The fourth-order valence-corrected chi connectivity index (χ4v) is 2.55. The van der Waals surface area contributed by atoms with Gasteiger partial charge in [0.15, 0.2) is 5.78 Å². The van der Waals surface area contributed by atoms with Crippen molar-refractivity contribution in [2.45, 2.75) is 6.92 Å². The molecule has 2 aromatic heterocycles. The first-order chi connectivity index (χ1) is 11.6. The van der Waals surface area contributed by atoms with Gasteiger partial charge in [0.1, 0.15) is 11.4 Å². The van der Waals surface area contributed by atoms with Crippen molar-refractivity contribution in [2.75, 3.05) is 7.11 Å². The van der Waals surface area contributed by atoms with Crippen molar-refractivity contribution in [1.29, 1.82) is 0 Å². The third-order valence-electron chi connectivity index (χ3n) is 3.84. The molecule has 0 amide bonds. The molecular formula is C19H16N2O3. The molecule has 1 aromatic carbocycles. The van der Waals surface area contributed by atoms with Gasteiger partial charge >= 0.3 is 0 Å². The van der Waals surface area contributed by atoms with Crippen molar-refractivity contribution < 1.29 is 9.53 Å². The third-order valence-corrected chi connectivity index (χ3v) is 3.84. The smallest absolute Gasteiger partial charge is 0.261 e. The van der Waals surface area contributed by atoms with Crippen molar-refractivity contribution in [3.05, 3.63) is 75.7 Å². The van der Waals surface area contributed by atoms with Gasteiger partial charge in [0, 0.05) is 11.6 Å². The zero-order valence-electron chi connectivity index (χ0n) is 13.4. The van der Waals surface area contributed by atoms with Gasteiger partial charge in [-0.2, -0.15) is 0 Å². The minimum Gasteiger partial charge on any atom is -0.497 e. The molecule has 0 aliphatic heterocycles. The van der Waals surface area contributed by atoms with Crippen molar-refractivity contribution in [3.8, 4) is 5.75 Å². The van der Waals surface area contributed by atoms with Crippen LogP contribution in [0.25, 0.3) is 17.1 Å². The van der Waals surface area contributed by atoms with Crippen LogP contribution in [0, 0.1) is 6.92 Å². The van der Waals surface area contributed by atoms with Gasteiger partial charge in [-0.3, -0.25) is 9.59 Å². The fraction of sp³-hybridized carbons (Fsp3) is 0.105. The highest BCUT2D eigenvalue weighted by Gasteiger charge is 2.14. The van der Waals surface area contributed by atoms with Crippen LogP contribution in [0.3, 0.4) is 0 Å². The standard InChI is InChI=1S/C19H16N2O3/c1-12-15-4-3-11-20-18(15)21-19(23)17(12)16(22)10-7-13-5-8-14(24-2)9-6-13/h3-11H,1-2H3,(H,20,21,23)/b10-7+. The number of methoxy groups -OCH3 is 1. The van der Waals surface area contributed by atoms with E-state index in [0.717, 1.165) is 16.7 Å². The van der Waals surface area contributed by atoms with Gasteiger partial charge < -0.3 is 9.72 Å². The number of ether oxygens (including phenoxy) is 1. The van der Waals surface area contributed by atoms with Crippen LogP contribution in [0.2, 0.25) is 0 Å². The van der Waals surface area contributed by atoms with Crippen LogP contribution in [-0.2, 0) is 0 Å². The molecule has 0 saturated heterocycles. The number of fused-ring (bicyclic) bond motifs is 1. The number of ketones is 1. The van der Waals surface area contributed by atoms with E-state index in [1.807, 2.05) is 30.3 Å². The van der Waals surface area contributed by atoms with Crippen molar-refractivity contribution >= 4 is 22.9 Å². The van der Waals surface area contributed by atoms with E-state index in [1.165, 1.54) is 6.08 Å². The van der Waals surface area contributed by atoms with E-state index in [0.29, 0.717) is 11.2 Å². The van der Waals surface area contributed by atoms with Gasteiger partial charge in [0.2, 0.25) is 0 Å². The van der Waals surface area contributed by atoms with E-state index in [9.17, 15) is 9.59 Å². The van der Waals surface area contributed by atoms with Crippen LogP contribution in [0.1, 0.15) is 21.5 Å². The van der Waals surface area contributed by atoms with Crippen LogP contribution in [0.4, 0.5) is 0 Å². The van der Waals surface area contributed by atoms with Crippen LogP contribution < -0.4 is 10.3 Å². The van der Waals surface area contributed by atoms with Crippen LogP contribution in [0.5, 0.6) is 5.75 Å². The summed E-state index contributed by atoms with van der Waals surface area (Å²) in [4.78, 5) is 31.5. The predicted molar refractivity (Wildman–Crippen MR) is 93.5 cm³/mol. The molecule has 0 fully saturated rings. The highest BCUT2D eigenvalue weighted by Crippen LogP contribution is 2.17. The summed E-state index contributed by atoms with van der Waals surface area (Å²) in [6, 6.07) is 10.9. The summed E-state index contributed by atoms with van der Waals surface area (Å²) < 4.78 is 5.09. The number of carbonyl (C=O) groups excluding carboxylic acids is 1. The number of rotatable bonds is 4. The Bertz CT molecular complexity index is 986. The van der Waals surface area contributed by atoms with E-state index in [2.05, 4.69) is 9.97 Å². The normalized spacial score (nSPS) is 11.1. The van der Waals surface area contributed by atoms with E-state index >= 15 is 0 Å². The molecule has 5 heteroatoms. The lowest BCUT2D eigenvalue weighted by Gasteiger charge is -2.05. The number of benzene rings is 1. The molecule has 0 spiro atoms. The van der Waals surface area contributed by atoms with E-state index in [1.54, 1.807) is 32.4 Å². The van der Waals surface area contributed by atoms with Gasteiger partial charge in [-0.05, 0) is 48.4 Å². The Balaban J connectivity index is 1.96. The minimum absolute atomic E-state index is 0.139. The molecule has 3 aromatic rings. The van der Waals surface area contributed by atoms with E-state index in [-0.39, 0.29) is 11.3 Å². The fourth-order valence-electron chi connectivity index (χ4n) is 2.55. The quantitative estimate of drug-likeness (QED) is 0.592. The zero-order valence-corrected chi connectivity index (χ0v) is 13.4. The molecule has 0 atom stereocenters. The molecule has 0 aliphatic carbocycles. The lowest BCUT2D eigenvalue weighted by atomic mass is 10.0. The maximum absolute atomic E-state index is 12.5. The predicted octanol–water partition coefficient (Wildman–Crippen LogP) is 3.14. The molecule has 1 N–H and O–H groups in total. The number of aromatic amines is 1. The van der Waals surface area contributed by atoms with Crippen molar-refractivity contribution in [1.82, 2.24) is 9.97 Å². The maximum Gasteiger partial charge on any atom is 0.261 e. The number of allylic oxidation sites excluding steroid dienone is 1. The average Bonchev–Trinajstić information content (AvgIpc) is 2.60. The van der Waals surface area contributed by atoms with Crippen LogP contribution in [-0.4, -0.2) is 22.9 Å². The molecule has 3 rings (SSSR count). The monoisotopic (exact) mass is 320 g/mol. The van der Waals surface area contributed by atoms with E-state index < -0.39 is 5.56 Å². The molecule has 2 heterocycles. The number of hydrogen-bond acceptors (Lipinski definition) is 4. The molecular weight excluding hydrogens is 304 g/mol. The van der Waals surface area contributed by atoms with Crippen molar-refractivity contribution in [3.63, 3.8) is 0 Å². The summed E-state index contributed by atoms with van der Waals surface area (Å²) in [5.74, 6) is 0.406. The first-order valence-corrected chi connectivity index (χ1v) is 7.44. The Morgan fingerprint density at radius 2 is 1.96 bits per heavy atom. The molecule has 0 bridgehead atoms. The van der Waals surface area contributed by atoms with Gasteiger partial charge in [-0.15, -0.1) is 0 Å². The Morgan fingerprint density at radius 3 is 2.67 bits per heavy atom. The maximum atomic E-state index is 12.5. The molecule has 0 aliphatic rings. The Labute approximate surface area is 138 Å². The second-order valence-corrected chi connectivity index (χ2v) is 5.32. The molecule has 0 radical (unpaired) electrons. The number of aryl methyl sites for hydroxylation is 1. The molecule has 5 nitrogen and oxygen atoms in total. The summed E-state index contributed by atoms with van der Waals surface area (Å²) >= 11 is 0. The van der Waals surface area contributed by atoms with Gasteiger partial charge in [-0.1, -0.05) is 18.2 Å². The first-order valence-electron chi connectivity index (χ1n) is 7.44. The lowest BCUT2D eigenvalue weighted by Crippen LogP contribution is -2.19. The number of carbonyl (C=O) groups is 1. The number of aromatic nitrogens is 2. The topological polar surface area (TPSA) is 72.0 Å². The Hall–Kier alpha value is -3.21. The molecule has 24 heavy (non-hydrogen) atoms. The second kappa shape index (κ2) is 6.50. The summed E-state index contributed by atoms with van der Waals surface area (Å²) in [5.41, 5.74) is 1.67. The summed E-state index contributed by atoms with van der Waals surface area (Å²) in [7, 11) is 1.60. The number of nitrogens with one attached hydrogen (secondary N) is 1. The number of pyridine rings is 2. The van der Waals surface area contributed by atoms with Gasteiger partial charge in [0.05, 0.1) is 12.7 Å².